The quantitative estimate of drug-likeness (QED) is 0.620. The highest BCUT2D eigenvalue weighted by atomic mass is 32.2. The van der Waals surface area contributed by atoms with Gasteiger partial charge in [0.2, 0.25) is 15.0 Å². The molecule has 7 nitrogen and oxygen atoms in total. The van der Waals surface area contributed by atoms with Crippen molar-refractivity contribution >= 4 is 33.0 Å². The van der Waals surface area contributed by atoms with Crippen molar-refractivity contribution < 1.29 is 17.6 Å². The number of rotatable bonds is 5. The third-order valence-corrected chi connectivity index (χ3v) is 8.26. The van der Waals surface area contributed by atoms with Crippen LogP contribution in [0.4, 0.5) is 10.1 Å². The van der Waals surface area contributed by atoms with Crippen LogP contribution >= 0.6 is 11.3 Å². The van der Waals surface area contributed by atoms with Crippen LogP contribution in [0.1, 0.15) is 44.8 Å². The van der Waals surface area contributed by atoms with E-state index in [2.05, 4.69) is 15.5 Å². The molecule has 1 aromatic heterocycles. The Hall–Kier alpha value is -2.69. The Morgan fingerprint density at radius 2 is 1.94 bits per heavy atom. The van der Waals surface area contributed by atoms with Crippen molar-refractivity contribution in [2.75, 3.05) is 11.9 Å². The fourth-order valence-electron chi connectivity index (χ4n) is 3.48. The average molecular weight is 461 g/mol. The molecule has 1 saturated heterocycles. The number of benzene rings is 2. The summed E-state index contributed by atoms with van der Waals surface area (Å²) in [5.74, 6) is -1.14. The number of anilines is 1. The molecule has 1 amide bonds. The van der Waals surface area contributed by atoms with Crippen molar-refractivity contribution in [2.24, 2.45) is 0 Å². The number of hydrogen-bond acceptors (Lipinski definition) is 6. The molecule has 10 heteroatoms. The van der Waals surface area contributed by atoms with Crippen LogP contribution in [0, 0.1) is 19.7 Å². The summed E-state index contributed by atoms with van der Waals surface area (Å²) in [7, 11) is -3.72. The van der Waals surface area contributed by atoms with Gasteiger partial charge in [0.05, 0.1) is 16.6 Å². The lowest BCUT2D eigenvalue weighted by molar-refractivity contribution is 0.102. The molecule has 1 aliphatic rings. The molecule has 2 aromatic carbocycles. The summed E-state index contributed by atoms with van der Waals surface area (Å²) < 4.78 is 41.7. The molecule has 1 atom stereocenters. The van der Waals surface area contributed by atoms with Crippen molar-refractivity contribution in [2.45, 2.75) is 37.6 Å². The molecule has 0 spiro atoms. The monoisotopic (exact) mass is 460 g/mol. The number of amides is 1. The van der Waals surface area contributed by atoms with Gasteiger partial charge in [-0.3, -0.25) is 4.79 Å². The van der Waals surface area contributed by atoms with E-state index in [9.17, 15) is 17.6 Å². The smallest absolute Gasteiger partial charge is 0.286 e. The molecule has 2 heterocycles. The first-order valence-corrected chi connectivity index (χ1v) is 12.0. The molecular weight excluding hydrogens is 439 g/mol. The van der Waals surface area contributed by atoms with Gasteiger partial charge in [-0.1, -0.05) is 29.5 Å². The van der Waals surface area contributed by atoms with Gasteiger partial charge in [0, 0.05) is 6.54 Å². The molecule has 3 aromatic rings. The van der Waals surface area contributed by atoms with Gasteiger partial charge < -0.3 is 5.32 Å². The lowest BCUT2D eigenvalue weighted by atomic mass is 10.1. The highest BCUT2D eigenvalue weighted by Crippen LogP contribution is 2.38. The van der Waals surface area contributed by atoms with Gasteiger partial charge in [-0.15, -0.1) is 10.2 Å². The number of aryl methyl sites for hydroxylation is 2. The van der Waals surface area contributed by atoms with E-state index in [1.54, 1.807) is 24.3 Å². The number of sulfonamides is 1. The third kappa shape index (κ3) is 4.23. The first-order valence-electron chi connectivity index (χ1n) is 9.76. The Labute approximate surface area is 184 Å². The van der Waals surface area contributed by atoms with Crippen LogP contribution in [0.5, 0.6) is 0 Å². The molecule has 1 aliphatic heterocycles. The third-order valence-electron chi connectivity index (χ3n) is 5.33. The lowest BCUT2D eigenvalue weighted by Gasteiger charge is -2.22. The molecule has 0 saturated carbocycles. The average Bonchev–Trinajstić information content (AvgIpc) is 3.41. The Morgan fingerprint density at radius 1 is 1.16 bits per heavy atom. The summed E-state index contributed by atoms with van der Waals surface area (Å²) in [5, 5.41) is 11.0. The number of carbonyl (C=O) groups excluding carboxylic acids is 1. The summed E-state index contributed by atoms with van der Waals surface area (Å²) in [6.07, 6.45) is 1.28. The van der Waals surface area contributed by atoms with E-state index in [1.165, 1.54) is 22.5 Å². The van der Waals surface area contributed by atoms with E-state index in [1.807, 2.05) is 13.8 Å². The van der Waals surface area contributed by atoms with Crippen molar-refractivity contribution in [3.8, 4) is 0 Å². The van der Waals surface area contributed by atoms with Crippen LogP contribution in [0.3, 0.4) is 0 Å². The molecule has 0 unspecified atom stereocenters. The summed E-state index contributed by atoms with van der Waals surface area (Å²) in [4.78, 5) is 12.7. The Kier molecular flexibility index (Phi) is 5.87. The summed E-state index contributed by atoms with van der Waals surface area (Å²) >= 11 is 1.02. The zero-order valence-electron chi connectivity index (χ0n) is 17.0. The van der Waals surface area contributed by atoms with Gasteiger partial charge in [-0.2, -0.15) is 4.31 Å². The van der Waals surface area contributed by atoms with Crippen LogP contribution in [0.2, 0.25) is 0 Å². The van der Waals surface area contributed by atoms with Gasteiger partial charge in [-0.05, 0) is 62.1 Å². The zero-order chi connectivity index (χ0) is 22.2. The van der Waals surface area contributed by atoms with E-state index in [0.717, 1.165) is 22.5 Å². The molecule has 31 heavy (non-hydrogen) atoms. The number of hydrogen-bond donors (Lipinski definition) is 1. The second kappa shape index (κ2) is 8.45. The van der Waals surface area contributed by atoms with Gasteiger partial charge in [-0.25, -0.2) is 12.8 Å². The van der Waals surface area contributed by atoms with Crippen LogP contribution in [0.25, 0.3) is 0 Å². The van der Waals surface area contributed by atoms with Crippen LogP contribution in [-0.4, -0.2) is 35.4 Å². The lowest BCUT2D eigenvalue weighted by Crippen LogP contribution is -2.30. The van der Waals surface area contributed by atoms with E-state index in [0.29, 0.717) is 24.4 Å². The Morgan fingerprint density at radius 3 is 2.68 bits per heavy atom. The number of halogens is 1. The van der Waals surface area contributed by atoms with Gasteiger partial charge in [0.25, 0.3) is 5.91 Å². The number of nitrogens with one attached hydrogen (secondary N) is 1. The van der Waals surface area contributed by atoms with Gasteiger partial charge >= 0.3 is 0 Å². The summed E-state index contributed by atoms with van der Waals surface area (Å²) in [6.45, 7) is 4.18. The molecule has 1 fully saturated rings. The predicted octanol–water partition coefficient (Wildman–Crippen LogP) is 4.07. The molecule has 162 valence electrons. The first kappa shape index (κ1) is 21.5. The minimum absolute atomic E-state index is 0.0454. The van der Waals surface area contributed by atoms with Crippen LogP contribution < -0.4 is 5.32 Å². The molecule has 0 radical (unpaired) electrons. The maximum Gasteiger partial charge on any atom is 0.286 e. The molecule has 0 aliphatic carbocycles. The molecule has 4 rings (SSSR count). The molecule has 0 bridgehead atoms. The highest BCUT2D eigenvalue weighted by Gasteiger charge is 2.38. The largest absolute Gasteiger partial charge is 0.317 e. The van der Waals surface area contributed by atoms with E-state index < -0.39 is 27.8 Å². The van der Waals surface area contributed by atoms with Crippen LogP contribution in [0.15, 0.2) is 47.4 Å². The maximum atomic E-state index is 13.8. The Bertz CT molecular complexity index is 1240. The number of para-hydroxylation sites is 1. The second-order valence-corrected chi connectivity index (χ2v) is 10.3. The second-order valence-electron chi connectivity index (χ2n) is 7.40. The standard InChI is InChI=1S/C21H21FN4O3S2/c1-13-9-10-15(12-14(13)2)31(28,29)26-11-5-8-18(26)20-24-25-21(30-20)19(27)23-17-7-4-3-6-16(17)22/h3-4,6-7,9-10,12,18H,5,8,11H2,1-2H3,(H,23,27)/t18-/m1/s1. The van der Waals surface area contributed by atoms with E-state index in [-0.39, 0.29) is 15.6 Å². The normalized spacial score (nSPS) is 17.1. The van der Waals surface area contributed by atoms with Crippen molar-refractivity contribution in [3.05, 3.63) is 69.4 Å². The fourth-order valence-corrected chi connectivity index (χ4v) is 6.18. The maximum absolute atomic E-state index is 13.8. The van der Waals surface area contributed by atoms with Gasteiger partial charge in [0.15, 0.2) is 0 Å². The number of aromatic nitrogens is 2. The predicted molar refractivity (Wildman–Crippen MR) is 116 cm³/mol. The van der Waals surface area contributed by atoms with Crippen LogP contribution in [-0.2, 0) is 10.0 Å². The van der Waals surface area contributed by atoms with E-state index >= 15 is 0 Å². The minimum atomic E-state index is -3.72. The molecular formula is C21H21FN4O3S2. The molecule has 1 N–H and O–H groups in total. The summed E-state index contributed by atoms with van der Waals surface area (Å²) in [5.41, 5.74) is 1.97. The van der Waals surface area contributed by atoms with Crippen molar-refractivity contribution in [1.82, 2.24) is 14.5 Å². The fraction of sp³-hybridized carbons (Fsp3) is 0.286. The Balaban J connectivity index is 1.57. The zero-order valence-corrected chi connectivity index (χ0v) is 18.6. The van der Waals surface area contributed by atoms with Gasteiger partial charge in [0.1, 0.15) is 10.8 Å². The SMILES string of the molecule is Cc1ccc(S(=O)(=O)N2CCC[C@@H]2c2nnc(C(=O)Nc3ccccc3F)s2)cc1C. The van der Waals surface area contributed by atoms with Crippen molar-refractivity contribution in [1.29, 1.82) is 0 Å². The number of carbonyl (C=O) groups is 1. The highest BCUT2D eigenvalue weighted by molar-refractivity contribution is 7.89. The number of nitrogens with zero attached hydrogens (tertiary/aromatic N) is 3. The summed E-state index contributed by atoms with van der Waals surface area (Å²) in [6, 6.07) is 10.4. The minimum Gasteiger partial charge on any atom is -0.317 e. The van der Waals surface area contributed by atoms with E-state index in [4.69, 9.17) is 0 Å². The first-order chi connectivity index (χ1) is 14.8. The van der Waals surface area contributed by atoms with Crippen molar-refractivity contribution in [3.63, 3.8) is 0 Å². The topological polar surface area (TPSA) is 92.3 Å².